The molecule has 0 aliphatic carbocycles. The molecule has 0 atom stereocenters. The molecule has 0 saturated carbocycles. The Kier molecular flexibility index (Phi) is 6.38. The quantitative estimate of drug-likeness (QED) is 0.640. The van der Waals surface area contributed by atoms with Crippen LogP contribution in [-0.2, 0) is 11.8 Å². The number of rotatable bonds is 5. The summed E-state index contributed by atoms with van der Waals surface area (Å²) in [6, 6.07) is 16.8. The Morgan fingerprint density at radius 2 is 1.62 bits per heavy atom. The highest BCUT2D eigenvalue weighted by molar-refractivity contribution is 7.80. The van der Waals surface area contributed by atoms with Gasteiger partial charge in [0.1, 0.15) is 0 Å². The first-order chi connectivity index (χ1) is 11.4. The monoisotopic (exact) mass is 340 g/mol. The maximum atomic E-state index is 5.48. The lowest BCUT2D eigenvalue weighted by Gasteiger charge is -2.23. The lowest BCUT2D eigenvalue weighted by molar-refractivity contribution is 0.592. The molecular formula is C21H28N2S. The van der Waals surface area contributed by atoms with E-state index in [0.717, 1.165) is 17.8 Å². The standard InChI is InChI=1S/C21H28N2S/c1-5-6-9-16-12-14-17(15-13-16)22-20(24)23-19-11-8-7-10-18(19)21(2,3)4/h7-8,10-15H,5-6,9H2,1-4H3,(H2,22,23,24). The largest absolute Gasteiger partial charge is 0.332 e. The lowest BCUT2D eigenvalue weighted by Crippen LogP contribution is -2.22. The van der Waals surface area contributed by atoms with Gasteiger partial charge in [0.05, 0.1) is 0 Å². The molecule has 2 rings (SSSR count). The number of hydrogen-bond acceptors (Lipinski definition) is 1. The Labute approximate surface area is 151 Å². The first-order valence-corrected chi connectivity index (χ1v) is 9.07. The molecule has 0 aliphatic rings. The van der Waals surface area contributed by atoms with Gasteiger partial charge in [0.25, 0.3) is 0 Å². The predicted molar refractivity (Wildman–Crippen MR) is 110 cm³/mol. The molecule has 0 bridgehead atoms. The van der Waals surface area contributed by atoms with Crippen molar-refractivity contribution < 1.29 is 0 Å². The first kappa shape index (κ1) is 18.5. The van der Waals surface area contributed by atoms with Crippen molar-refractivity contribution in [1.29, 1.82) is 0 Å². The van der Waals surface area contributed by atoms with Crippen LogP contribution >= 0.6 is 12.2 Å². The summed E-state index contributed by atoms with van der Waals surface area (Å²) in [5.74, 6) is 0. The summed E-state index contributed by atoms with van der Waals surface area (Å²) in [5, 5.41) is 7.23. The fourth-order valence-corrected chi connectivity index (χ4v) is 2.89. The average molecular weight is 341 g/mol. The maximum Gasteiger partial charge on any atom is 0.175 e. The molecule has 2 nitrogen and oxygen atoms in total. The number of hydrogen-bond donors (Lipinski definition) is 2. The van der Waals surface area contributed by atoms with Crippen molar-refractivity contribution in [2.75, 3.05) is 10.6 Å². The minimum Gasteiger partial charge on any atom is -0.332 e. The van der Waals surface area contributed by atoms with Crippen molar-refractivity contribution in [3.05, 3.63) is 59.7 Å². The molecule has 0 saturated heterocycles. The van der Waals surface area contributed by atoms with Gasteiger partial charge in [-0.2, -0.15) is 0 Å². The number of benzene rings is 2. The smallest absolute Gasteiger partial charge is 0.175 e. The molecule has 2 aromatic carbocycles. The molecule has 3 heteroatoms. The maximum absolute atomic E-state index is 5.48. The highest BCUT2D eigenvalue weighted by Crippen LogP contribution is 2.29. The molecule has 0 unspecified atom stereocenters. The number of thiocarbonyl (C=S) groups is 1. The summed E-state index contributed by atoms with van der Waals surface area (Å²) in [7, 11) is 0. The van der Waals surface area contributed by atoms with Crippen molar-refractivity contribution in [3.8, 4) is 0 Å². The Balaban J connectivity index is 2.01. The summed E-state index contributed by atoms with van der Waals surface area (Å²) in [4.78, 5) is 0. The lowest BCUT2D eigenvalue weighted by atomic mass is 9.86. The van der Waals surface area contributed by atoms with Crippen molar-refractivity contribution in [2.45, 2.75) is 52.4 Å². The molecule has 0 aliphatic heterocycles. The van der Waals surface area contributed by atoms with Crippen molar-refractivity contribution >= 4 is 28.7 Å². The highest BCUT2D eigenvalue weighted by atomic mass is 32.1. The average Bonchev–Trinajstić information content (AvgIpc) is 2.53. The van der Waals surface area contributed by atoms with E-state index >= 15 is 0 Å². The van der Waals surface area contributed by atoms with Gasteiger partial charge in [-0.25, -0.2) is 0 Å². The van der Waals surface area contributed by atoms with Crippen LogP contribution < -0.4 is 10.6 Å². The Morgan fingerprint density at radius 3 is 2.25 bits per heavy atom. The van der Waals surface area contributed by atoms with Crippen molar-refractivity contribution in [2.24, 2.45) is 0 Å². The van der Waals surface area contributed by atoms with Crippen LogP contribution in [0.5, 0.6) is 0 Å². The van der Waals surface area contributed by atoms with Gasteiger partial charge in [-0.05, 0) is 59.8 Å². The second-order valence-corrected chi connectivity index (χ2v) is 7.58. The molecule has 2 aromatic rings. The van der Waals surface area contributed by atoms with E-state index in [-0.39, 0.29) is 5.41 Å². The van der Waals surface area contributed by atoms with Gasteiger partial charge in [0.15, 0.2) is 5.11 Å². The predicted octanol–water partition coefficient (Wildman–Crippen LogP) is 6.14. The molecule has 24 heavy (non-hydrogen) atoms. The van der Waals surface area contributed by atoms with Crippen LogP contribution in [0.4, 0.5) is 11.4 Å². The van der Waals surface area contributed by atoms with E-state index in [4.69, 9.17) is 12.2 Å². The number of para-hydroxylation sites is 1. The van der Waals surface area contributed by atoms with Gasteiger partial charge in [0.2, 0.25) is 0 Å². The minimum atomic E-state index is 0.0696. The van der Waals surface area contributed by atoms with E-state index in [9.17, 15) is 0 Å². The van der Waals surface area contributed by atoms with E-state index < -0.39 is 0 Å². The third-order valence-electron chi connectivity index (χ3n) is 4.01. The normalized spacial score (nSPS) is 11.2. The van der Waals surface area contributed by atoms with E-state index in [1.807, 2.05) is 6.07 Å². The van der Waals surface area contributed by atoms with Crippen LogP contribution in [0.3, 0.4) is 0 Å². The molecule has 0 fully saturated rings. The van der Waals surface area contributed by atoms with E-state index in [2.05, 4.69) is 80.8 Å². The van der Waals surface area contributed by atoms with Gasteiger partial charge in [0, 0.05) is 11.4 Å². The molecule has 0 heterocycles. The van der Waals surface area contributed by atoms with Gasteiger partial charge in [-0.3, -0.25) is 0 Å². The van der Waals surface area contributed by atoms with Crippen LogP contribution in [0.25, 0.3) is 0 Å². The Hall–Kier alpha value is -1.87. The highest BCUT2D eigenvalue weighted by Gasteiger charge is 2.17. The van der Waals surface area contributed by atoms with Gasteiger partial charge >= 0.3 is 0 Å². The summed E-state index contributed by atoms with van der Waals surface area (Å²) < 4.78 is 0. The Bertz CT molecular complexity index is 669. The summed E-state index contributed by atoms with van der Waals surface area (Å²) >= 11 is 5.48. The van der Waals surface area contributed by atoms with Crippen molar-refractivity contribution in [3.63, 3.8) is 0 Å². The number of aryl methyl sites for hydroxylation is 1. The molecule has 2 N–H and O–H groups in total. The van der Waals surface area contributed by atoms with Crippen molar-refractivity contribution in [1.82, 2.24) is 0 Å². The van der Waals surface area contributed by atoms with Gasteiger partial charge in [-0.1, -0.05) is 64.4 Å². The zero-order valence-corrected chi connectivity index (χ0v) is 16.0. The van der Waals surface area contributed by atoms with Crippen LogP contribution in [0.2, 0.25) is 0 Å². The molecule has 0 amide bonds. The molecule has 0 spiro atoms. The van der Waals surface area contributed by atoms with E-state index in [1.54, 1.807) is 0 Å². The molecule has 0 radical (unpaired) electrons. The second kappa shape index (κ2) is 8.29. The molecular weight excluding hydrogens is 312 g/mol. The van der Waals surface area contributed by atoms with Crippen LogP contribution in [-0.4, -0.2) is 5.11 Å². The zero-order valence-electron chi connectivity index (χ0n) is 15.1. The van der Waals surface area contributed by atoms with E-state index in [0.29, 0.717) is 5.11 Å². The van der Waals surface area contributed by atoms with Crippen LogP contribution in [0.1, 0.15) is 51.7 Å². The molecule has 128 valence electrons. The zero-order chi connectivity index (χ0) is 17.6. The van der Waals surface area contributed by atoms with E-state index in [1.165, 1.54) is 24.0 Å². The molecule has 0 aromatic heterocycles. The third kappa shape index (κ3) is 5.34. The summed E-state index contributed by atoms with van der Waals surface area (Å²) in [5.41, 5.74) is 4.77. The van der Waals surface area contributed by atoms with Crippen LogP contribution in [0.15, 0.2) is 48.5 Å². The summed E-state index contributed by atoms with van der Waals surface area (Å²) in [6.07, 6.45) is 3.59. The second-order valence-electron chi connectivity index (χ2n) is 7.18. The third-order valence-corrected chi connectivity index (χ3v) is 4.22. The SMILES string of the molecule is CCCCc1ccc(NC(=S)Nc2ccccc2C(C)(C)C)cc1. The fourth-order valence-electron chi connectivity index (χ4n) is 2.67. The van der Waals surface area contributed by atoms with Gasteiger partial charge < -0.3 is 10.6 Å². The number of unbranched alkanes of at least 4 members (excludes halogenated alkanes) is 1. The summed E-state index contributed by atoms with van der Waals surface area (Å²) in [6.45, 7) is 8.84. The fraction of sp³-hybridized carbons (Fsp3) is 0.381. The van der Waals surface area contributed by atoms with Gasteiger partial charge in [-0.15, -0.1) is 0 Å². The minimum absolute atomic E-state index is 0.0696. The topological polar surface area (TPSA) is 24.1 Å². The number of nitrogens with one attached hydrogen (secondary N) is 2. The Morgan fingerprint density at radius 1 is 0.958 bits per heavy atom. The number of anilines is 2. The first-order valence-electron chi connectivity index (χ1n) is 8.66. The van der Waals surface area contributed by atoms with Crippen LogP contribution in [0, 0.1) is 0 Å².